The Hall–Kier alpha value is -0.550. The highest BCUT2D eigenvalue weighted by Crippen LogP contribution is 2.56. The Morgan fingerprint density at radius 2 is 2.05 bits per heavy atom. The molecule has 2 rings (SSSR count). The van der Waals surface area contributed by atoms with Crippen molar-refractivity contribution in [2.24, 2.45) is 10.9 Å². The molecule has 0 bridgehead atoms. The predicted molar refractivity (Wildman–Crippen MR) is 96.6 cm³/mol. The molecule has 1 aliphatic rings. The molecule has 1 atom stereocenters. The molecule has 0 saturated heterocycles. The van der Waals surface area contributed by atoms with Crippen molar-refractivity contribution in [2.45, 2.75) is 30.4 Å². The molecule has 1 fully saturated rings. The zero-order valence-electron chi connectivity index (χ0n) is 13.0. The maximum absolute atomic E-state index is 5.96. The van der Waals surface area contributed by atoms with Gasteiger partial charge in [0.15, 0.2) is 0 Å². The summed E-state index contributed by atoms with van der Waals surface area (Å²) >= 11 is 7.25. The van der Waals surface area contributed by atoms with E-state index in [9.17, 15) is 0 Å². The van der Waals surface area contributed by atoms with E-state index in [1.54, 1.807) is 0 Å². The van der Waals surface area contributed by atoms with Crippen LogP contribution in [-0.4, -0.2) is 34.7 Å². The minimum atomic E-state index is 0.0952. The molecule has 3 nitrogen and oxygen atoms in total. The molecule has 1 unspecified atom stereocenters. The molecule has 1 saturated carbocycles. The van der Waals surface area contributed by atoms with Crippen molar-refractivity contribution in [1.29, 1.82) is 0 Å². The number of aliphatic imine (C=N–C) groups is 1. The van der Waals surface area contributed by atoms with Crippen molar-refractivity contribution in [3.63, 3.8) is 0 Å². The highest BCUT2D eigenvalue weighted by Gasteiger charge is 2.50. The average Bonchev–Trinajstić information content (AvgIpc) is 3.04. The molecular weight excluding hydrogens is 396 g/mol. The fourth-order valence-electron chi connectivity index (χ4n) is 1.95. The summed E-state index contributed by atoms with van der Waals surface area (Å²) < 4.78 is 6.05. The molecule has 1 aliphatic carbocycles. The van der Waals surface area contributed by atoms with E-state index in [1.165, 1.54) is 0 Å². The number of rotatable bonds is 6. The number of nitrogens with zero attached hydrogens (tertiary/aromatic N) is 2. The third-order valence-corrected chi connectivity index (χ3v) is 5.72. The first-order chi connectivity index (χ1) is 9.83. The molecule has 0 radical (unpaired) electrons. The summed E-state index contributed by atoms with van der Waals surface area (Å²) in [4.78, 5) is 6.59. The van der Waals surface area contributed by atoms with Crippen LogP contribution in [0.1, 0.15) is 24.5 Å². The van der Waals surface area contributed by atoms with Crippen LogP contribution in [0.4, 0.5) is 5.69 Å². The van der Waals surface area contributed by atoms with Crippen molar-refractivity contribution in [2.75, 3.05) is 20.2 Å². The zero-order chi connectivity index (χ0) is 15.6. The minimum Gasteiger partial charge on any atom is -0.493 e. The molecule has 5 heteroatoms. The second kappa shape index (κ2) is 6.69. The van der Waals surface area contributed by atoms with Gasteiger partial charge < -0.3 is 9.64 Å². The van der Waals surface area contributed by atoms with E-state index < -0.39 is 0 Å². The first kappa shape index (κ1) is 16.8. The monoisotopic (exact) mass is 416 g/mol. The summed E-state index contributed by atoms with van der Waals surface area (Å²) in [5, 5.41) is 0. The van der Waals surface area contributed by atoms with Crippen LogP contribution in [0, 0.1) is 19.8 Å². The summed E-state index contributed by atoms with van der Waals surface area (Å²) in [5.74, 6) is 1.49. The number of alkyl halides is 2. The summed E-state index contributed by atoms with van der Waals surface area (Å²) in [6.07, 6.45) is 2.98. The largest absolute Gasteiger partial charge is 0.493 e. The van der Waals surface area contributed by atoms with Crippen molar-refractivity contribution in [3.8, 4) is 5.75 Å². The molecule has 21 heavy (non-hydrogen) atoms. The van der Waals surface area contributed by atoms with Crippen LogP contribution in [0.2, 0.25) is 0 Å². The summed E-state index contributed by atoms with van der Waals surface area (Å²) in [5.41, 5.74) is 3.26. The predicted octanol–water partition coefficient (Wildman–Crippen LogP) is 4.80. The van der Waals surface area contributed by atoms with E-state index in [2.05, 4.69) is 74.7 Å². The summed E-state index contributed by atoms with van der Waals surface area (Å²) in [6, 6.07) is 4.17. The van der Waals surface area contributed by atoms with E-state index in [4.69, 9.17) is 4.74 Å². The van der Waals surface area contributed by atoms with E-state index in [-0.39, 0.29) is 3.23 Å². The quantitative estimate of drug-likeness (QED) is 0.377. The van der Waals surface area contributed by atoms with Gasteiger partial charge in [-0.05, 0) is 50.5 Å². The SMILES string of the molecule is CCN(C)C=Nc1cc(C)c(OCC2CC2(Br)Br)cc1C. The Morgan fingerprint density at radius 1 is 1.38 bits per heavy atom. The zero-order valence-corrected chi connectivity index (χ0v) is 16.2. The van der Waals surface area contributed by atoms with Crippen LogP contribution in [0.5, 0.6) is 5.75 Å². The minimum absolute atomic E-state index is 0.0952. The Bertz CT molecular complexity index is 543. The van der Waals surface area contributed by atoms with E-state index >= 15 is 0 Å². The highest BCUT2D eigenvalue weighted by molar-refractivity contribution is 9.25. The maximum Gasteiger partial charge on any atom is 0.122 e. The van der Waals surface area contributed by atoms with Crippen molar-refractivity contribution >= 4 is 43.9 Å². The normalized spacial score (nSPS) is 19.8. The van der Waals surface area contributed by atoms with Gasteiger partial charge in [0.05, 0.1) is 21.9 Å². The van der Waals surface area contributed by atoms with E-state index in [0.717, 1.165) is 42.1 Å². The first-order valence-electron chi connectivity index (χ1n) is 7.19. The molecule has 1 aromatic carbocycles. The lowest BCUT2D eigenvalue weighted by Gasteiger charge is -2.13. The molecule has 0 N–H and O–H groups in total. The standard InChI is InChI=1S/C16H22Br2N2O/c1-5-20(4)10-19-14-6-12(3)15(7-11(14)2)21-9-13-8-16(13,17)18/h6-7,10,13H,5,8-9H2,1-4H3. The van der Waals surface area contributed by atoms with Gasteiger partial charge in [-0.3, -0.25) is 0 Å². The second-order valence-corrected chi connectivity index (χ2v) is 9.59. The fourth-order valence-corrected chi connectivity index (χ4v) is 3.00. The lowest BCUT2D eigenvalue weighted by atomic mass is 10.1. The number of ether oxygens (including phenoxy) is 1. The van der Waals surface area contributed by atoms with Gasteiger partial charge in [0.2, 0.25) is 0 Å². The Kier molecular flexibility index (Phi) is 5.36. The van der Waals surface area contributed by atoms with Crippen molar-refractivity contribution in [1.82, 2.24) is 4.90 Å². The van der Waals surface area contributed by atoms with Crippen LogP contribution < -0.4 is 4.74 Å². The van der Waals surface area contributed by atoms with Gasteiger partial charge >= 0.3 is 0 Å². The molecule has 0 amide bonds. The van der Waals surface area contributed by atoms with Gasteiger partial charge in [-0.25, -0.2) is 4.99 Å². The van der Waals surface area contributed by atoms with Crippen LogP contribution in [0.3, 0.4) is 0 Å². The lowest BCUT2D eigenvalue weighted by molar-refractivity contribution is 0.297. The van der Waals surface area contributed by atoms with Crippen LogP contribution in [-0.2, 0) is 0 Å². The molecule has 0 heterocycles. The van der Waals surface area contributed by atoms with Gasteiger partial charge in [0.1, 0.15) is 5.75 Å². The van der Waals surface area contributed by atoms with Gasteiger partial charge in [0.25, 0.3) is 0 Å². The summed E-state index contributed by atoms with van der Waals surface area (Å²) in [6.45, 7) is 7.93. The van der Waals surface area contributed by atoms with Crippen LogP contribution in [0.15, 0.2) is 17.1 Å². The third kappa shape index (κ3) is 4.46. The Labute approximate surface area is 144 Å². The highest BCUT2D eigenvalue weighted by atomic mass is 79.9. The van der Waals surface area contributed by atoms with Crippen LogP contribution >= 0.6 is 31.9 Å². The van der Waals surface area contributed by atoms with E-state index in [0.29, 0.717) is 5.92 Å². The first-order valence-corrected chi connectivity index (χ1v) is 8.78. The summed E-state index contributed by atoms with van der Waals surface area (Å²) in [7, 11) is 2.02. The lowest BCUT2D eigenvalue weighted by Crippen LogP contribution is -2.14. The van der Waals surface area contributed by atoms with Crippen molar-refractivity contribution < 1.29 is 4.74 Å². The average molecular weight is 418 g/mol. The topological polar surface area (TPSA) is 24.8 Å². The molecule has 0 aliphatic heterocycles. The third-order valence-electron chi connectivity index (χ3n) is 3.78. The molecule has 0 spiro atoms. The van der Waals surface area contributed by atoms with Gasteiger partial charge in [-0.2, -0.15) is 0 Å². The number of halogens is 2. The number of hydrogen-bond acceptors (Lipinski definition) is 2. The molecule has 1 aromatic rings. The van der Waals surface area contributed by atoms with Gasteiger partial charge in [0, 0.05) is 19.5 Å². The van der Waals surface area contributed by atoms with E-state index in [1.807, 2.05) is 13.4 Å². The second-order valence-electron chi connectivity index (χ2n) is 5.70. The Morgan fingerprint density at radius 3 is 2.62 bits per heavy atom. The Balaban J connectivity index is 2.04. The number of benzene rings is 1. The smallest absolute Gasteiger partial charge is 0.122 e. The van der Waals surface area contributed by atoms with Gasteiger partial charge in [-0.15, -0.1) is 0 Å². The fraction of sp³-hybridized carbons (Fsp3) is 0.562. The number of aryl methyl sites for hydroxylation is 2. The maximum atomic E-state index is 5.96. The number of hydrogen-bond donors (Lipinski definition) is 0. The van der Waals surface area contributed by atoms with Crippen LogP contribution in [0.25, 0.3) is 0 Å². The molecule has 0 aromatic heterocycles. The van der Waals surface area contributed by atoms with Crippen molar-refractivity contribution in [3.05, 3.63) is 23.3 Å². The van der Waals surface area contributed by atoms with Gasteiger partial charge in [-0.1, -0.05) is 31.9 Å². The molecular formula is C16H22Br2N2O. The molecule has 116 valence electrons.